The number of fused-ring (bicyclic) bond motifs is 1. The molecule has 130 valence electrons. The van der Waals surface area contributed by atoms with Crippen LogP contribution in [0.5, 0.6) is 5.75 Å². The molecular formula is C19H18ClNO4. The molecule has 1 atom stereocenters. The lowest BCUT2D eigenvalue weighted by Gasteiger charge is -2.32. The fourth-order valence-corrected chi connectivity index (χ4v) is 3.24. The summed E-state index contributed by atoms with van der Waals surface area (Å²) in [4.78, 5) is 25.6. The third-order valence-corrected chi connectivity index (χ3v) is 4.57. The Morgan fingerprint density at radius 1 is 1.28 bits per heavy atom. The van der Waals surface area contributed by atoms with Crippen molar-refractivity contribution in [1.29, 1.82) is 0 Å². The number of rotatable bonds is 4. The molecule has 0 fully saturated rings. The summed E-state index contributed by atoms with van der Waals surface area (Å²) in [6.07, 6.45) is 0. The molecule has 1 amide bonds. The van der Waals surface area contributed by atoms with Gasteiger partial charge in [-0.05, 0) is 41.8 Å². The Hall–Kier alpha value is -2.53. The molecule has 1 heterocycles. The van der Waals surface area contributed by atoms with Gasteiger partial charge in [-0.15, -0.1) is 0 Å². The molecule has 0 aliphatic carbocycles. The van der Waals surface area contributed by atoms with Crippen molar-refractivity contribution in [2.24, 2.45) is 0 Å². The van der Waals surface area contributed by atoms with Crippen LogP contribution >= 0.6 is 11.6 Å². The summed E-state index contributed by atoms with van der Waals surface area (Å²) in [6.45, 7) is 2.25. The second kappa shape index (κ2) is 7.15. The van der Waals surface area contributed by atoms with E-state index in [4.69, 9.17) is 16.3 Å². The summed E-state index contributed by atoms with van der Waals surface area (Å²) in [6, 6.07) is 12.5. The highest BCUT2D eigenvalue weighted by Crippen LogP contribution is 2.29. The summed E-state index contributed by atoms with van der Waals surface area (Å²) in [7, 11) is 0. The maximum atomic E-state index is 12.5. The van der Waals surface area contributed by atoms with E-state index in [2.05, 4.69) is 0 Å². The van der Waals surface area contributed by atoms with Crippen molar-refractivity contribution in [2.75, 3.05) is 13.2 Å². The first-order valence-electron chi connectivity index (χ1n) is 7.93. The molecule has 1 N–H and O–H groups in total. The lowest BCUT2D eigenvalue weighted by atomic mass is 9.90. The minimum Gasteiger partial charge on any atom is -0.483 e. The predicted molar refractivity (Wildman–Crippen MR) is 93.9 cm³/mol. The van der Waals surface area contributed by atoms with Crippen LogP contribution in [-0.4, -0.2) is 35.0 Å². The van der Waals surface area contributed by atoms with Crippen LogP contribution in [0.15, 0.2) is 42.5 Å². The van der Waals surface area contributed by atoms with Crippen molar-refractivity contribution in [3.63, 3.8) is 0 Å². The number of aliphatic carboxylic acids is 1. The third-order valence-electron chi connectivity index (χ3n) is 4.33. The van der Waals surface area contributed by atoms with E-state index in [1.807, 2.05) is 31.2 Å². The van der Waals surface area contributed by atoms with E-state index in [1.54, 1.807) is 18.2 Å². The van der Waals surface area contributed by atoms with Gasteiger partial charge in [-0.3, -0.25) is 9.59 Å². The molecule has 0 aromatic heterocycles. The SMILES string of the molecule is Cc1cc(Cl)ccc1OCC(=O)N1Cc2ccccc2C(C(=O)O)C1. The highest BCUT2D eigenvalue weighted by molar-refractivity contribution is 6.30. The van der Waals surface area contributed by atoms with Crippen molar-refractivity contribution in [3.8, 4) is 5.75 Å². The summed E-state index contributed by atoms with van der Waals surface area (Å²) >= 11 is 5.91. The molecular weight excluding hydrogens is 342 g/mol. The first-order valence-corrected chi connectivity index (χ1v) is 8.31. The van der Waals surface area contributed by atoms with E-state index in [0.29, 0.717) is 17.3 Å². The first kappa shape index (κ1) is 17.3. The Labute approximate surface area is 150 Å². The highest BCUT2D eigenvalue weighted by atomic mass is 35.5. The van der Waals surface area contributed by atoms with Crippen molar-refractivity contribution in [2.45, 2.75) is 19.4 Å². The van der Waals surface area contributed by atoms with Crippen LogP contribution in [-0.2, 0) is 16.1 Å². The van der Waals surface area contributed by atoms with Gasteiger partial charge in [0.25, 0.3) is 5.91 Å². The van der Waals surface area contributed by atoms with Crippen molar-refractivity contribution in [1.82, 2.24) is 4.90 Å². The van der Waals surface area contributed by atoms with Crippen LogP contribution in [0.2, 0.25) is 5.02 Å². The van der Waals surface area contributed by atoms with Gasteiger partial charge in [-0.2, -0.15) is 0 Å². The molecule has 2 aromatic rings. The Morgan fingerprint density at radius 2 is 2.04 bits per heavy atom. The zero-order valence-corrected chi connectivity index (χ0v) is 14.5. The van der Waals surface area contributed by atoms with Crippen LogP contribution in [0.1, 0.15) is 22.6 Å². The van der Waals surface area contributed by atoms with E-state index >= 15 is 0 Å². The Kier molecular flexibility index (Phi) is 4.95. The zero-order valence-electron chi connectivity index (χ0n) is 13.7. The summed E-state index contributed by atoms with van der Waals surface area (Å²) in [5.74, 6) is -1.30. The number of carboxylic acids is 1. The smallest absolute Gasteiger partial charge is 0.312 e. The van der Waals surface area contributed by atoms with Gasteiger partial charge in [-0.25, -0.2) is 0 Å². The molecule has 1 aliphatic heterocycles. The maximum Gasteiger partial charge on any atom is 0.312 e. The average Bonchev–Trinajstić information content (AvgIpc) is 2.59. The molecule has 25 heavy (non-hydrogen) atoms. The normalized spacial score (nSPS) is 16.2. The molecule has 0 radical (unpaired) electrons. The summed E-state index contributed by atoms with van der Waals surface area (Å²) in [5, 5.41) is 10.1. The monoisotopic (exact) mass is 359 g/mol. The fourth-order valence-electron chi connectivity index (χ4n) is 3.01. The van der Waals surface area contributed by atoms with Crippen LogP contribution in [0, 0.1) is 6.92 Å². The third kappa shape index (κ3) is 3.77. The van der Waals surface area contributed by atoms with Gasteiger partial charge in [-0.1, -0.05) is 35.9 Å². The van der Waals surface area contributed by atoms with Gasteiger partial charge in [0.15, 0.2) is 6.61 Å². The van der Waals surface area contributed by atoms with Crippen molar-refractivity contribution in [3.05, 3.63) is 64.2 Å². The number of halogens is 1. The van der Waals surface area contributed by atoms with Crippen LogP contribution in [0.3, 0.4) is 0 Å². The van der Waals surface area contributed by atoms with Crippen molar-refractivity contribution >= 4 is 23.5 Å². The minimum atomic E-state index is -0.931. The van der Waals surface area contributed by atoms with E-state index in [-0.39, 0.29) is 19.1 Å². The standard InChI is InChI=1S/C19H18ClNO4/c1-12-8-14(20)6-7-17(12)25-11-18(22)21-9-13-4-2-3-5-15(13)16(10-21)19(23)24/h2-8,16H,9-11H2,1H3,(H,23,24). The van der Waals surface area contributed by atoms with E-state index in [9.17, 15) is 14.7 Å². The van der Waals surface area contributed by atoms with Gasteiger partial charge >= 0.3 is 5.97 Å². The average molecular weight is 360 g/mol. The van der Waals surface area contributed by atoms with Gasteiger partial charge in [0.05, 0.1) is 5.92 Å². The number of benzene rings is 2. The number of hydrogen-bond acceptors (Lipinski definition) is 3. The molecule has 0 saturated heterocycles. The number of aryl methyl sites for hydroxylation is 1. The molecule has 2 aromatic carbocycles. The van der Waals surface area contributed by atoms with Crippen LogP contribution in [0.25, 0.3) is 0 Å². The van der Waals surface area contributed by atoms with Gasteiger partial charge in [0.1, 0.15) is 5.75 Å². The highest BCUT2D eigenvalue weighted by Gasteiger charge is 2.32. The largest absolute Gasteiger partial charge is 0.483 e. The number of carbonyl (C=O) groups is 2. The molecule has 0 saturated carbocycles. The number of nitrogens with zero attached hydrogens (tertiary/aromatic N) is 1. The minimum absolute atomic E-state index is 0.142. The Bertz CT molecular complexity index is 821. The molecule has 1 unspecified atom stereocenters. The first-order chi connectivity index (χ1) is 12.0. The van der Waals surface area contributed by atoms with Gasteiger partial charge in [0.2, 0.25) is 0 Å². The molecule has 3 rings (SSSR count). The molecule has 6 heteroatoms. The second-order valence-corrected chi connectivity index (χ2v) is 6.50. The lowest BCUT2D eigenvalue weighted by Crippen LogP contribution is -2.42. The molecule has 5 nitrogen and oxygen atoms in total. The number of carbonyl (C=O) groups excluding carboxylic acids is 1. The van der Waals surface area contributed by atoms with Gasteiger partial charge < -0.3 is 14.7 Å². The van der Waals surface area contributed by atoms with Crippen LogP contribution < -0.4 is 4.74 Å². The van der Waals surface area contributed by atoms with E-state index in [1.165, 1.54) is 4.90 Å². The molecule has 1 aliphatic rings. The number of carboxylic acid groups (broad SMARTS) is 1. The maximum absolute atomic E-state index is 12.5. The fraction of sp³-hybridized carbons (Fsp3) is 0.263. The summed E-state index contributed by atoms with van der Waals surface area (Å²) < 4.78 is 5.59. The van der Waals surface area contributed by atoms with Crippen LogP contribution in [0.4, 0.5) is 0 Å². The zero-order chi connectivity index (χ0) is 18.0. The number of hydrogen-bond donors (Lipinski definition) is 1. The Morgan fingerprint density at radius 3 is 2.76 bits per heavy atom. The number of ether oxygens (including phenoxy) is 1. The predicted octanol–water partition coefficient (Wildman–Crippen LogP) is 3.24. The summed E-state index contributed by atoms with van der Waals surface area (Å²) in [5.41, 5.74) is 2.47. The number of amides is 1. The molecule has 0 spiro atoms. The van der Waals surface area contributed by atoms with Crippen molar-refractivity contribution < 1.29 is 19.4 Å². The second-order valence-electron chi connectivity index (χ2n) is 6.06. The quantitative estimate of drug-likeness (QED) is 0.910. The Balaban J connectivity index is 1.71. The van der Waals surface area contributed by atoms with E-state index in [0.717, 1.165) is 16.7 Å². The molecule has 0 bridgehead atoms. The topological polar surface area (TPSA) is 66.8 Å². The van der Waals surface area contributed by atoms with Gasteiger partial charge in [0, 0.05) is 18.1 Å². The van der Waals surface area contributed by atoms with E-state index < -0.39 is 11.9 Å². The lowest BCUT2D eigenvalue weighted by molar-refractivity contribution is -0.142.